The van der Waals surface area contributed by atoms with E-state index < -0.39 is 77.8 Å². The molecule has 16 nitrogen and oxygen atoms in total. The summed E-state index contributed by atoms with van der Waals surface area (Å²) in [6, 6.07) is -1.16. The van der Waals surface area contributed by atoms with Gasteiger partial charge in [0.2, 0.25) is 5.79 Å². The molecule has 4 aliphatic rings. The number of hydrogen-bond acceptors (Lipinski definition) is 15. The summed E-state index contributed by atoms with van der Waals surface area (Å²) in [7, 11) is 4.57. The third-order valence-corrected chi connectivity index (χ3v) is 15.2. The maximum atomic E-state index is 14.5. The average molecular weight is 1000 g/mol. The Morgan fingerprint density at radius 2 is 1.59 bits per heavy atom. The van der Waals surface area contributed by atoms with Crippen molar-refractivity contribution in [1.29, 1.82) is 0 Å². The largest absolute Gasteiger partial charge is 0.463 e. The maximum absolute atomic E-state index is 14.5. The second-order valence-electron chi connectivity index (χ2n) is 20.8. The zero-order valence-corrected chi connectivity index (χ0v) is 44.3. The van der Waals surface area contributed by atoms with E-state index >= 15 is 0 Å². The van der Waals surface area contributed by atoms with Crippen LogP contribution in [-0.2, 0) is 61.9 Å². The standard InChI is InChI=1S/C55H85NO15/c1-33-17-13-12-14-18-34(2)46(65-9)31-42-22-20-39(7)55(64,71-42)52(61)53(62)56-24-16-15-19-43(56)54(63)70-47(32-44(58)35(3)28-38(6)50(60)51(67-11)49(59)37(5)27-33)36(4)29-41-21-23-45(48(30-41)66-10)69-26-25-68-40(8)57/h12-14,17-18,28,33,35-37,39,41-43,45-48,50-51,60,64H,15-16,19-27,29-32H2,1-11H3/b14-12+,17-13+,34-18+,38-28+/t33-,35-,36-,37-,39-,41+,42+,43+,45-,46+,47+,48-,50-,51+,55-/m1/s1. The second kappa shape index (κ2) is 28.5. The summed E-state index contributed by atoms with van der Waals surface area (Å²) in [6.07, 6.45) is 11.7. The minimum atomic E-state index is -2.44. The van der Waals surface area contributed by atoms with Crippen LogP contribution in [0.4, 0.5) is 0 Å². The molecule has 0 radical (unpaired) electrons. The van der Waals surface area contributed by atoms with Gasteiger partial charge in [-0.2, -0.15) is 0 Å². The van der Waals surface area contributed by atoms with Crippen LogP contribution in [0.15, 0.2) is 47.6 Å². The van der Waals surface area contributed by atoms with Crippen molar-refractivity contribution in [3.8, 4) is 0 Å². The molecule has 3 fully saturated rings. The number of ketones is 3. The molecular weight excluding hydrogens is 915 g/mol. The third kappa shape index (κ3) is 16.8. The van der Waals surface area contributed by atoms with Crippen LogP contribution in [0.3, 0.4) is 0 Å². The number of aliphatic hydroxyl groups excluding tert-OH is 1. The van der Waals surface area contributed by atoms with E-state index in [0.29, 0.717) is 63.4 Å². The van der Waals surface area contributed by atoms with Gasteiger partial charge in [-0.1, -0.05) is 71.1 Å². The monoisotopic (exact) mass is 1000 g/mol. The Kier molecular flexibility index (Phi) is 24.0. The molecule has 2 saturated heterocycles. The van der Waals surface area contributed by atoms with Crippen molar-refractivity contribution in [3.63, 3.8) is 0 Å². The highest BCUT2D eigenvalue weighted by Gasteiger charge is 2.53. The lowest BCUT2D eigenvalue weighted by Crippen LogP contribution is -2.61. The Hall–Kier alpha value is -3.90. The number of allylic oxidation sites excluding steroid dienone is 6. The predicted octanol–water partition coefficient (Wildman–Crippen LogP) is 6.77. The van der Waals surface area contributed by atoms with Crippen molar-refractivity contribution in [2.45, 2.75) is 187 Å². The number of nitrogens with zero attached hydrogens (tertiary/aromatic N) is 1. The molecule has 4 rings (SSSR count). The number of Topliss-reactive ketones (excluding diaryl/α,β-unsaturated/α-hetero) is 3. The number of esters is 2. The first kappa shape index (κ1) is 59.7. The number of rotatable bonds is 10. The first-order valence-electron chi connectivity index (χ1n) is 25.9. The van der Waals surface area contributed by atoms with Gasteiger partial charge in [0.1, 0.15) is 36.7 Å². The number of amides is 1. The van der Waals surface area contributed by atoms with Gasteiger partial charge in [0, 0.05) is 65.4 Å². The molecule has 16 heteroatoms. The van der Waals surface area contributed by atoms with Crippen molar-refractivity contribution >= 4 is 35.2 Å². The van der Waals surface area contributed by atoms with Crippen LogP contribution in [0.2, 0.25) is 0 Å². The van der Waals surface area contributed by atoms with Crippen LogP contribution in [0.25, 0.3) is 0 Å². The normalized spacial score (nSPS) is 37.9. The van der Waals surface area contributed by atoms with Gasteiger partial charge in [0.15, 0.2) is 5.78 Å². The van der Waals surface area contributed by atoms with Gasteiger partial charge in [-0.05, 0) is 107 Å². The molecule has 3 aliphatic heterocycles. The highest BCUT2D eigenvalue weighted by Crippen LogP contribution is 2.38. The van der Waals surface area contributed by atoms with Gasteiger partial charge in [-0.15, -0.1) is 0 Å². The Morgan fingerprint density at radius 3 is 2.27 bits per heavy atom. The quantitative estimate of drug-likeness (QED) is 0.100. The number of carbonyl (C=O) groups excluding carboxylic acids is 6. The molecule has 1 saturated carbocycles. The Labute approximate surface area is 422 Å². The van der Waals surface area contributed by atoms with Crippen molar-refractivity contribution in [2.75, 3.05) is 41.1 Å². The molecule has 0 aromatic rings. The number of hydrogen-bond donors (Lipinski definition) is 2. The fourth-order valence-electron chi connectivity index (χ4n) is 10.7. The Balaban J connectivity index is 1.68. The van der Waals surface area contributed by atoms with Crippen molar-refractivity contribution in [3.05, 3.63) is 47.6 Å². The molecule has 0 spiro atoms. The maximum Gasteiger partial charge on any atom is 0.329 e. The van der Waals surface area contributed by atoms with E-state index in [-0.39, 0.29) is 80.1 Å². The number of aliphatic hydroxyl groups is 2. The summed E-state index contributed by atoms with van der Waals surface area (Å²) in [5.74, 6) is -8.48. The number of piperidine rings is 1. The third-order valence-electron chi connectivity index (χ3n) is 15.2. The topological polar surface area (TPSA) is 211 Å². The summed E-state index contributed by atoms with van der Waals surface area (Å²) in [6.45, 7) is 14.4. The second-order valence-corrected chi connectivity index (χ2v) is 20.8. The molecule has 0 aromatic heterocycles. The van der Waals surface area contributed by atoms with Gasteiger partial charge < -0.3 is 48.3 Å². The lowest BCUT2D eigenvalue weighted by molar-refractivity contribution is -0.265. The van der Waals surface area contributed by atoms with Crippen molar-refractivity contribution in [1.82, 2.24) is 4.90 Å². The smallest absolute Gasteiger partial charge is 0.329 e. The number of fused-ring (bicyclic) bond motifs is 3. The van der Waals surface area contributed by atoms with Crippen LogP contribution < -0.4 is 0 Å². The summed E-state index contributed by atoms with van der Waals surface area (Å²) < 4.78 is 40.9. The highest BCUT2D eigenvalue weighted by molar-refractivity contribution is 6.39. The molecule has 1 amide bonds. The van der Waals surface area contributed by atoms with Crippen molar-refractivity contribution in [2.24, 2.45) is 35.5 Å². The minimum Gasteiger partial charge on any atom is -0.463 e. The SMILES string of the molecule is CO[C@H]1C[C@@H]2CC[C@@H](C)[C@@](O)(O2)C(=O)C(=O)N2CCCC[C@H]2C(=O)O[C@H]([C@H](C)C[C@@H]2CC[C@@H](OCCOC(C)=O)[C@H](OC)C2)CC(=O)[C@H](C)/C=C(\C)[C@@H](O)[C@@H](OC)C(=O)[C@H](C)C[C@H](C)/C=C/C=C/C=C/1C. The Bertz CT molecular complexity index is 1930. The van der Waals surface area contributed by atoms with E-state index in [9.17, 15) is 39.0 Å². The molecule has 2 N–H and O–H groups in total. The number of cyclic esters (lactones) is 1. The van der Waals surface area contributed by atoms with E-state index in [1.54, 1.807) is 41.1 Å². The average Bonchev–Trinajstić information content (AvgIpc) is 3.34. The van der Waals surface area contributed by atoms with E-state index in [4.69, 9.17) is 33.2 Å². The zero-order chi connectivity index (χ0) is 52.6. The number of ether oxygens (including phenoxy) is 7. The molecule has 0 unspecified atom stereocenters. The lowest BCUT2D eigenvalue weighted by Gasteiger charge is -2.42. The Morgan fingerprint density at radius 1 is 0.859 bits per heavy atom. The summed E-state index contributed by atoms with van der Waals surface area (Å²) in [5.41, 5.74) is 1.25. The first-order chi connectivity index (χ1) is 33.6. The fraction of sp³-hybridized carbons (Fsp3) is 0.745. The summed E-state index contributed by atoms with van der Waals surface area (Å²) in [4.78, 5) is 83.6. The van der Waals surface area contributed by atoms with E-state index in [2.05, 4.69) is 0 Å². The lowest BCUT2D eigenvalue weighted by atomic mass is 9.78. The molecule has 0 aromatic carbocycles. The van der Waals surface area contributed by atoms with Gasteiger partial charge in [0.25, 0.3) is 11.7 Å². The van der Waals surface area contributed by atoms with Gasteiger partial charge in [-0.25, -0.2) is 4.79 Å². The molecule has 1 aliphatic carbocycles. The van der Waals surface area contributed by atoms with E-state index in [1.165, 1.54) is 18.9 Å². The zero-order valence-electron chi connectivity index (χ0n) is 44.3. The van der Waals surface area contributed by atoms with Crippen LogP contribution in [-0.4, -0.2) is 146 Å². The summed E-state index contributed by atoms with van der Waals surface area (Å²) >= 11 is 0. The van der Waals surface area contributed by atoms with E-state index in [1.807, 2.05) is 58.1 Å². The highest BCUT2D eigenvalue weighted by atomic mass is 16.6. The van der Waals surface area contributed by atoms with Crippen LogP contribution in [0.5, 0.6) is 0 Å². The number of carbonyl (C=O) groups is 6. The summed E-state index contributed by atoms with van der Waals surface area (Å²) in [5, 5.41) is 23.5. The van der Waals surface area contributed by atoms with Crippen LogP contribution >= 0.6 is 0 Å². The van der Waals surface area contributed by atoms with Crippen LogP contribution in [0.1, 0.15) is 132 Å². The van der Waals surface area contributed by atoms with Crippen LogP contribution in [0, 0.1) is 35.5 Å². The van der Waals surface area contributed by atoms with E-state index in [0.717, 1.165) is 12.0 Å². The van der Waals surface area contributed by atoms with Gasteiger partial charge in [0.05, 0.1) is 31.0 Å². The molecule has 3 heterocycles. The predicted molar refractivity (Wildman–Crippen MR) is 266 cm³/mol. The van der Waals surface area contributed by atoms with Gasteiger partial charge >= 0.3 is 11.9 Å². The fourth-order valence-corrected chi connectivity index (χ4v) is 10.7. The molecule has 71 heavy (non-hydrogen) atoms. The molecule has 2 bridgehead atoms. The minimum absolute atomic E-state index is 0.00934. The van der Waals surface area contributed by atoms with Crippen molar-refractivity contribution < 1.29 is 72.1 Å². The molecule has 400 valence electrons. The number of methoxy groups -OCH3 is 3. The molecular formula is C55H85NO15. The molecule has 15 atom stereocenters. The van der Waals surface area contributed by atoms with Gasteiger partial charge in [-0.3, -0.25) is 24.0 Å². The first-order valence-corrected chi connectivity index (χ1v) is 25.9.